The van der Waals surface area contributed by atoms with Crippen LogP contribution >= 0.6 is 0 Å². The number of rotatable bonds is 8. The molecule has 0 atom stereocenters. The lowest BCUT2D eigenvalue weighted by Crippen LogP contribution is -2.24. The highest BCUT2D eigenvalue weighted by atomic mass is 16.5. The lowest BCUT2D eigenvalue weighted by atomic mass is 10.2. The van der Waals surface area contributed by atoms with Crippen LogP contribution in [0.2, 0.25) is 0 Å². The van der Waals surface area contributed by atoms with Crippen LogP contribution in [0.4, 0.5) is 5.95 Å². The fourth-order valence-electron chi connectivity index (χ4n) is 3.26. The molecule has 0 bridgehead atoms. The first-order valence-corrected chi connectivity index (χ1v) is 9.79. The van der Waals surface area contributed by atoms with Crippen molar-refractivity contribution in [3.05, 3.63) is 70.7 Å². The highest BCUT2D eigenvalue weighted by molar-refractivity contribution is 6.04. The Labute approximate surface area is 172 Å². The molecule has 0 radical (unpaired) electrons. The van der Waals surface area contributed by atoms with Crippen LogP contribution < -0.4 is 10.9 Å². The molecule has 8 heteroatoms. The number of aromatic nitrogens is 3. The molecule has 0 aliphatic carbocycles. The van der Waals surface area contributed by atoms with E-state index in [2.05, 4.69) is 15.3 Å². The predicted octanol–water partition coefficient (Wildman–Crippen LogP) is 3.66. The highest BCUT2D eigenvalue weighted by Crippen LogP contribution is 2.21. The van der Waals surface area contributed by atoms with Crippen LogP contribution in [-0.4, -0.2) is 33.7 Å². The lowest BCUT2D eigenvalue weighted by molar-refractivity contribution is 0.102. The van der Waals surface area contributed by atoms with Crippen molar-refractivity contribution >= 4 is 22.9 Å². The number of pyridine rings is 1. The van der Waals surface area contributed by atoms with E-state index in [0.717, 1.165) is 17.5 Å². The maximum Gasteiger partial charge on any atom is 0.263 e. The van der Waals surface area contributed by atoms with Gasteiger partial charge < -0.3 is 18.7 Å². The zero-order valence-corrected chi connectivity index (χ0v) is 16.6. The van der Waals surface area contributed by atoms with E-state index >= 15 is 0 Å². The number of furan rings is 1. The van der Waals surface area contributed by atoms with E-state index in [1.54, 1.807) is 18.2 Å². The summed E-state index contributed by atoms with van der Waals surface area (Å²) >= 11 is 0. The summed E-state index contributed by atoms with van der Waals surface area (Å²) in [6.07, 6.45) is 2.29. The maximum absolute atomic E-state index is 12.8. The van der Waals surface area contributed by atoms with E-state index in [1.165, 1.54) is 12.3 Å². The fourth-order valence-corrected chi connectivity index (χ4v) is 3.26. The van der Waals surface area contributed by atoms with Crippen LogP contribution in [-0.2, 0) is 11.3 Å². The number of benzene rings is 1. The largest absolute Gasteiger partial charge is 0.463 e. The van der Waals surface area contributed by atoms with Gasteiger partial charge in [0.2, 0.25) is 5.95 Å². The second-order valence-electron chi connectivity index (χ2n) is 6.67. The SMILES string of the molecule is CCOCCCn1c(NC(=O)c2ccc(-c3ccco3)[nH]c2=O)nc2ccccc21. The van der Waals surface area contributed by atoms with Gasteiger partial charge in [0.05, 0.1) is 23.0 Å². The number of H-pyrrole nitrogens is 1. The van der Waals surface area contributed by atoms with Crippen molar-refractivity contribution in [2.75, 3.05) is 18.5 Å². The molecular formula is C22H22N4O4. The van der Waals surface area contributed by atoms with E-state index in [4.69, 9.17) is 9.15 Å². The van der Waals surface area contributed by atoms with E-state index in [1.807, 2.05) is 35.8 Å². The third-order valence-corrected chi connectivity index (χ3v) is 4.70. The van der Waals surface area contributed by atoms with Crippen LogP contribution in [0.1, 0.15) is 23.7 Å². The summed E-state index contributed by atoms with van der Waals surface area (Å²) in [7, 11) is 0. The standard InChI is InChI=1S/C22H22N4O4/c1-2-29-13-6-12-26-18-8-4-3-7-16(18)24-22(26)25-21(28)15-10-11-17(23-20(15)27)19-9-5-14-30-19/h3-5,7-11,14H,2,6,12-13H2,1H3,(H,23,27)(H,24,25,28). The van der Waals surface area contributed by atoms with Crippen LogP contribution in [0, 0.1) is 0 Å². The van der Waals surface area contributed by atoms with Crippen LogP contribution in [0.25, 0.3) is 22.5 Å². The van der Waals surface area contributed by atoms with E-state index < -0.39 is 11.5 Å². The molecule has 0 aliphatic rings. The van der Waals surface area contributed by atoms with Crippen molar-refractivity contribution < 1.29 is 13.9 Å². The molecule has 0 saturated heterocycles. The van der Waals surface area contributed by atoms with Crippen LogP contribution in [0.5, 0.6) is 0 Å². The summed E-state index contributed by atoms with van der Waals surface area (Å²) < 4.78 is 12.6. The first-order chi connectivity index (χ1) is 14.7. The van der Waals surface area contributed by atoms with Crippen molar-refractivity contribution in [1.82, 2.24) is 14.5 Å². The van der Waals surface area contributed by atoms with Gasteiger partial charge in [-0.15, -0.1) is 0 Å². The number of anilines is 1. The molecule has 0 saturated carbocycles. The number of nitrogens with one attached hydrogen (secondary N) is 2. The van der Waals surface area contributed by atoms with Crippen molar-refractivity contribution in [3.8, 4) is 11.5 Å². The Morgan fingerprint density at radius 3 is 2.83 bits per heavy atom. The molecular weight excluding hydrogens is 384 g/mol. The zero-order chi connectivity index (χ0) is 20.9. The summed E-state index contributed by atoms with van der Waals surface area (Å²) in [6, 6.07) is 14.2. The maximum atomic E-state index is 12.8. The van der Waals surface area contributed by atoms with Crippen LogP contribution in [0.15, 0.2) is 64.0 Å². The number of carbonyl (C=O) groups is 1. The van der Waals surface area contributed by atoms with Crippen LogP contribution in [0.3, 0.4) is 0 Å². The number of fused-ring (bicyclic) bond motifs is 1. The number of amides is 1. The third kappa shape index (κ3) is 4.04. The molecule has 1 aromatic carbocycles. The van der Waals surface area contributed by atoms with Gasteiger partial charge >= 0.3 is 0 Å². The smallest absolute Gasteiger partial charge is 0.263 e. The monoisotopic (exact) mass is 406 g/mol. The minimum Gasteiger partial charge on any atom is -0.463 e. The van der Waals surface area contributed by atoms with Crippen molar-refractivity contribution in [2.45, 2.75) is 19.9 Å². The molecule has 4 aromatic rings. The van der Waals surface area contributed by atoms with Crippen molar-refractivity contribution in [2.24, 2.45) is 0 Å². The van der Waals surface area contributed by atoms with E-state index in [9.17, 15) is 9.59 Å². The third-order valence-electron chi connectivity index (χ3n) is 4.70. The number of ether oxygens (including phenoxy) is 1. The summed E-state index contributed by atoms with van der Waals surface area (Å²) in [5.74, 6) is 0.394. The summed E-state index contributed by atoms with van der Waals surface area (Å²) in [6.45, 7) is 3.85. The number of aromatic amines is 1. The number of hydrogen-bond acceptors (Lipinski definition) is 5. The van der Waals surface area contributed by atoms with E-state index in [0.29, 0.717) is 37.2 Å². The van der Waals surface area contributed by atoms with Crippen molar-refractivity contribution in [1.29, 1.82) is 0 Å². The Kier molecular flexibility index (Phi) is 5.76. The Morgan fingerprint density at radius 2 is 2.07 bits per heavy atom. The Morgan fingerprint density at radius 1 is 1.20 bits per heavy atom. The number of para-hydroxylation sites is 2. The van der Waals surface area contributed by atoms with Gasteiger partial charge in [0.25, 0.3) is 11.5 Å². The lowest BCUT2D eigenvalue weighted by Gasteiger charge is -2.10. The fraction of sp³-hybridized carbons (Fsp3) is 0.227. The summed E-state index contributed by atoms with van der Waals surface area (Å²) in [5, 5.41) is 2.78. The molecule has 3 aromatic heterocycles. The summed E-state index contributed by atoms with van der Waals surface area (Å²) in [5.41, 5.74) is 1.68. The number of imidazole rings is 1. The minimum atomic E-state index is -0.524. The molecule has 0 unspecified atom stereocenters. The Balaban J connectivity index is 1.59. The molecule has 2 N–H and O–H groups in total. The number of hydrogen-bond donors (Lipinski definition) is 2. The predicted molar refractivity (Wildman–Crippen MR) is 114 cm³/mol. The quantitative estimate of drug-likeness (QED) is 0.435. The molecule has 0 spiro atoms. The van der Waals surface area contributed by atoms with Gasteiger partial charge in [0.15, 0.2) is 0 Å². The van der Waals surface area contributed by atoms with Gasteiger partial charge in [-0.3, -0.25) is 14.9 Å². The second-order valence-corrected chi connectivity index (χ2v) is 6.67. The average Bonchev–Trinajstić information content (AvgIpc) is 3.39. The van der Waals surface area contributed by atoms with Gasteiger partial charge in [-0.25, -0.2) is 4.98 Å². The molecule has 1 amide bonds. The molecule has 0 aliphatic heterocycles. The minimum absolute atomic E-state index is 0.00164. The van der Waals surface area contributed by atoms with Gasteiger partial charge in [-0.1, -0.05) is 12.1 Å². The first kappa shape index (κ1) is 19.7. The molecule has 154 valence electrons. The Hall–Kier alpha value is -3.65. The average molecular weight is 406 g/mol. The molecule has 0 fully saturated rings. The van der Waals surface area contributed by atoms with E-state index in [-0.39, 0.29) is 5.56 Å². The molecule has 8 nitrogen and oxygen atoms in total. The highest BCUT2D eigenvalue weighted by Gasteiger charge is 2.17. The summed E-state index contributed by atoms with van der Waals surface area (Å²) in [4.78, 5) is 32.5. The van der Waals surface area contributed by atoms with Gasteiger partial charge in [-0.2, -0.15) is 0 Å². The first-order valence-electron chi connectivity index (χ1n) is 9.79. The Bertz CT molecular complexity index is 1210. The topological polar surface area (TPSA) is 102 Å². The van der Waals surface area contributed by atoms with Gasteiger partial charge in [0.1, 0.15) is 11.3 Å². The van der Waals surface area contributed by atoms with Gasteiger partial charge in [0, 0.05) is 19.8 Å². The number of nitrogens with zero attached hydrogens (tertiary/aromatic N) is 2. The molecule has 3 heterocycles. The number of aryl methyl sites for hydroxylation is 1. The zero-order valence-electron chi connectivity index (χ0n) is 16.6. The van der Waals surface area contributed by atoms with Gasteiger partial charge in [-0.05, 0) is 49.7 Å². The second kappa shape index (κ2) is 8.79. The molecule has 4 rings (SSSR count). The number of carbonyl (C=O) groups excluding carboxylic acids is 1. The molecule has 30 heavy (non-hydrogen) atoms. The van der Waals surface area contributed by atoms with Crippen molar-refractivity contribution in [3.63, 3.8) is 0 Å². The normalized spacial score (nSPS) is 11.1.